The first-order valence-electron chi connectivity index (χ1n) is 10.6. The molecule has 1 aromatic carbocycles. The van der Waals surface area contributed by atoms with Gasteiger partial charge in [0.1, 0.15) is 11.9 Å². The Labute approximate surface area is 174 Å². The van der Waals surface area contributed by atoms with Crippen LogP contribution in [0.15, 0.2) is 29.3 Å². The van der Waals surface area contributed by atoms with Crippen LogP contribution < -0.4 is 10.1 Å². The fourth-order valence-corrected chi connectivity index (χ4v) is 3.67. The zero-order valence-electron chi connectivity index (χ0n) is 17.9. The molecule has 7 heteroatoms. The first-order chi connectivity index (χ1) is 14.1. The molecule has 2 aliphatic heterocycles. The topological polar surface area (TPSA) is 66.4 Å². The second-order valence-corrected chi connectivity index (χ2v) is 8.03. The lowest BCUT2D eigenvalue weighted by Crippen LogP contribution is -2.55. The smallest absolute Gasteiger partial charge is 0.251 e. The van der Waals surface area contributed by atoms with Gasteiger partial charge in [0.05, 0.1) is 6.61 Å². The third kappa shape index (κ3) is 5.85. The van der Waals surface area contributed by atoms with E-state index in [1.807, 2.05) is 23.1 Å². The van der Waals surface area contributed by atoms with Gasteiger partial charge in [0.2, 0.25) is 0 Å². The summed E-state index contributed by atoms with van der Waals surface area (Å²) in [6, 6.07) is 8.11. The second kappa shape index (κ2) is 10.5. The van der Waals surface area contributed by atoms with Crippen molar-refractivity contribution in [2.24, 2.45) is 10.9 Å². The fraction of sp³-hybridized carbons (Fsp3) is 0.636. The number of guanidine groups is 1. The third-order valence-electron chi connectivity index (χ3n) is 5.29. The Morgan fingerprint density at radius 2 is 1.97 bits per heavy atom. The maximum Gasteiger partial charge on any atom is 0.251 e. The van der Waals surface area contributed by atoms with Crippen LogP contribution >= 0.6 is 0 Å². The van der Waals surface area contributed by atoms with Crippen molar-refractivity contribution in [1.82, 2.24) is 15.1 Å². The predicted octanol–water partition coefficient (Wildman–Crippen LogP) is 2.12. The van der Waals surface area contributed by atoms with Crippen molar-refractivity contribution >= 4 is 11.9 Å². The van der Waals surface area contributed by atoms with E-state index in [1.54, 1.807) is 7.05 Å². The van der Waals surface area contributed by atoms with Gasteiger partial charge in [-0.2, -0.15) is 0 Å². The molecule has 1 N–H and O–H groups in total. The zero-order valence-corrected chi connectivity index (χ0v) is 17.9. The molecule has 7 nitrogen and oxygen atoms in total. The molecular weight excluding hydrogens is 368 g/mol. The van der Waals surface area contributed by atoms with Gasteiger partial charge in [0.25, 0.3) is 5.91 Å². The molecule has 160 valence electrons. The first kappa shape index (κ1) is 21.4. The van der Waals surface area contributed by atoms with Crippen molar-refractivity contribution in [3.63, 3.8) is 0 Å². The number of benzene rings is 1. The van der Waals surface area contributed by atoms with E-state index in [4.69, 9.17) is 9.47 Å². The molecule has 2 heterocycles. The van der Waals surface area contributed by atoms with Gasteiger partial charge in [-0.3, -0.25) is 9.79 Å². The maximum absolute atomic E-state index is 12.5. The second-order valence-electron chi connectivity index (χ2n) is 8.03. The number of piperazine rings is 1. The average Bonchev–Trinajstić information content (AvgIpc) is 3.28. The third-order valence-corrected chi connectivity index (χ3v) is 5.29. The van der Waals surface area contributed by atoms with Crippen molar-refractivity contribution in [1.29, 1.82) is 0 Å². The van der Waals surface area contributed by atoms with Gasteiger partial charge in [-0.25, -0.2) is 0 Å². The van der Waals surface area contributed by atoms with Crippen LogP contribution in [-0.4, -0.2) is 74.2 Å². The molecule has 0 bridgehead atoms. The first-order valence-corrected chi connectivity index (χ1v) is 10.6. The largest absolute Gasteiger partial charge is 0.493 e. The Hall–Kier alpha value is -2.28. The van der Waals surface area contributed by atoms with E-state index in [0.29, 0.717) is 38.8 Å². The average molecular weight is 403 g/mol. The molecule has 2 aliphatic rings. The highest BCUT2D eigenvalue weighted by Crippen LogP contribution is 2.19. The Bertz CT molecular complexity index is 693. The lowest BCUT2D eigenvalue weighted by atomic mass is 10.2. The molecule has 2 saturated heterocycles. The minimum Gasteiger partial charge on any atom is -0.493 e. The van der Waals surface area contributed by atoms with E-state index in [1.165, 1.54) is 0 Å². The lowest BCUT2D eigenvalue weighted by molar-refractivity contribution is -0.142. The van der Waals surface area contributed by atoms with Gasteiger partial charge in [-0.1, -0.05) is 32.0 Å². The van der Waals surface area contributed by atoms with Gasteiger partial charge in [-0.05, 0) is 24.8 Å². The molecule has 0 spiro atoms. The molecule has 0 saturated carbocycles. The Morgan fingerprint density at radius 3 is 2.62 bits per heavy atom. The van der Waals surface area contributed by atoms with Crippen molar-refractivity contribution in [3.8, 4) is 5.75 Å². The summed E-state index contributed by atoms with van der Waals surface area (Å²) >= 11 is 0. The number of para-hydroxylation sites is 1. The quantitative estimate of drug-likeness (QED) is 0.583. The molecule has 1 amide bonds. The Balaban J connectivity index is 1.51. The van der Waals surface area contributed by atoms with E-state index >= 15 is 0 Å². The Kier molecular flexibility index (Phi) is 7.75. The monoisotopic (exact) mass is 402 g/mol. The summed E-state index contributed by atoms with van der Waals surface area (Å²) in [5, 5.41) is 3.45. The SMILES string of the molecule is CN=C(NCc1ccccc1OCC(C)C)N1CCN(C(=O)C2CCCO2)CC1. The van der Waals surface area contributed by atoms with Gasteiger partial charge < -0.3 is 24.6 Å². The standard InChI is InChI=1S/C22H34N4O3/c1-17(2)16-29-19-8-5-4-7-18(19)15-24-22(23-3)26-12-10-25(11-13-26)21(27)20-9-6-14-28-20/h4-5,7-8,17,20H,6,9-16H2,1-3H3,(H,23,24). The number of nitrogens with zero attached hydrogens (tertiary/aromatic N) is 3. The van der Waals surface area contributed by atoms with Crippen molar-refractivity contribution < 1.29 is 14.3 Å². The maximum atomic E-state index is 12.5. The molecule has 1 aromatic rings. The number of rotatable bonds is 6. The fourth-order valence-electron chi connectivity index (χ4n) is 3.67. The van der Waals surface area contributed by atoms with Crippen LogP contribution in [-0.2, 0) is 16.1 Å². The molecule has 29 heavy (non-hydrogen) atoms. The molecule has 1 unspecified atom stereocenters. The highest BCUT2D eigenvalue weighted by atomic mass is 16.5. The van der Waals surface area contributed by atoms with Crippen LogP contribution in [0.5, 0.6) is 5.75 Å². The number of hydrogen-bond donors (Lipinski definition) is 1. The summed E-state index contributed by atoms with van der Waals surface area (Å²) in [5.74, 6) is 2.39. The molecule has 1 atom stereocenters. The van der Waals surface area contributed by atoms with Crippen LogP contribution in [0.2, 0.25) is 0 Å². The van der Waals surface area contributed by atoms with Crippen molar-refractivity contribution in [3.05, 3.63) is 29.8 Å². The number of carbonyl (C=O) groups is 1. The summed E-state index contributed by atoms with van der Waals surface area (Å²) in [7, 11) is 1.80. The number of aliphatic imine (C=N–C) groups is 1. The van der Waals surface area contributed by atoms with E-state index in [2.05, 4.69) is 35.1 Å². The van der Waals surface area contributed by atoms with E-state index < -0.39 is 0 Å². The molecule has 0 aliphatic carbocycles. The van der Waals surface area contributed by atoms with Crippen LogP contribution in [0.4, 0.5) is 0 Å². The highest BCUT2D eigenvalue weighted by molar-refractivity contribution is 5.82. The summed E-state index contributed by atoms with van der Waals surface area (Å²) in [6.45, 7) is 9.28. The zero-order chi connectivity index (χ0) is 20.6. The summed E-state index contributed by atoms with van der Waals surface area (Å²) < 4.78 is 11.5. The van der Waals surface area contributed by atoms with Crippen LogP contribution in [0.1, 0.15) is 32.3 Å². The summed E-state index contributed by atoms with van der Waals surface area (Å²) in [5.41, 5.74) is 1.11. The number of hydrogen-bond acceptors (Lipinski definition) is 4. The van der Waals surface area contributed by atoms with Crippen LogP contribution in [0, 0.1) is 5.92 Å². The molecule has 2 fully saturated rings. The number of amides is 1. The van der Waals surface area contributed by atoms with Gasteiger partial charge >= 0.3 is 0 Å². The van der Waals surface area contributed by atoms with Gasteiger partial charge in [0.15, 0.2) is 5.96 Å². The number of nitrogens with one attached hydrogen (secondary N) is 1. The molecule has 3 rings (SSSR count). The van der Waals surface area contributed by atoms with E-state index in [-0.39, 0.29) is 12.0 Å². The Morgan fingerprint density at radius 1 is 1.24 bits per heavy atom. The van der Waals surface area contributed by atoms with E-state index in [9.17, 15) is 4.79 Å². The minimum atomic E-state index is -0.235. The van der Waals surface area contributed by atoms with Crippen LogP contribution in [0.3, 0.4) is 0 Å². The van der Waals surface area contributed by atoms with Crippen molar-refractivity contribution in [2.45, 2.75) is 39.3 Å². The lowest BCUT2D eigenvalue weighted by Gasteiger charge is -2.37. The number of ether oxygens (including phenoxy) is 2. The molecule has 0 aromatic heterocycles. The highest BCUT2D eigenvalue weighted by Gasteiger charge is 2.30. The molecule has 0 radical (unpaired) electrons. The normalized spacial score (nSPS) is 20.3. The summed E-state index contributed by atoms with van der Waals surface area (Å²) in [6.07, 6.45) is 1.59. The van der Waals surface area contributed by atoms with Gasteiger partial charge in [0, 0.05) is 51.9 Å². The number of carbonyl (C=O) groups excluding carboxylic acids is 1. The van der Waals surface area contributed by atoms with Crippen molar-refractivity contribution in [2.75, 3.05) is 46.4 Å². The van der Waals surface area contributed by atoms with Gasteiger partial charge in [-0.15, -0.1) is 0 Å². The minimum absolute atomic E-state index is 0.140. The van der Waals surface area contributed by atoms with Crippen LogP contribution in [0.25, 0.3) is 0 Å². The summed E-state index contributed by atoms with van der Waals surface area (Å²) in [4.78, 5) is 21.1. The molecular formula is C22H34N4O3. The van der Waals surface area contributed by atoms with E-state index in [0.717, 1.165) is 43.2 Å². The predicted molar refractivity (Wildman–Crippen MR) is 114 cm³/mol.